The third-order valence-corrected chi connectivity index (χ3v) is 4.41. The summed E-state index contributed by atoms with van der Waals surface area (Å²) in [4.78, 5) is 5.15. The Balaban J connectivity index is 1.73. The van der Waals surface area contributed by atoms with Crippen LogP contribution in [0.2, 0.25) is 0 Å². The standard InChI is InChI=1S/C15H31N3O/c1-3-7-16-11-14-6-5-8-18(14)13-15-12-17(4-2)9-10-19-15/h14-16H,3-13H2,1-2H3. The zero-order valence-electron chi connectivity index (χ0n) is 12.7. The lowest BCUT2D eigenvalue weighted by atomic mass is 10.2. The first-order valence-electron chi connectivity index (χ1n) is 8.12. The van der Waals surface area contributed by atoms with Crippen LogP contribution in [0, 0.1) is 0 Å². The maximum atomic E-state index is 5.94. The Morgan fingerprint density at radius 1 is 1.26 bits per heavy atom. The van der Waals surface area contributed by atoms with Crippen LogP contribution in [-0.2, 0) is 4.74 Å². The van der Waals surface area contributed by atoms with E-state index in [1.807, 2.05) is 0 Å². The van der Waals surface area contributed by atoms with Crippen LogP contribution in [0.4, 0.5) is 0 Å². The smallest absolute Gasteiger partial charge is 0.0829 e. The van der Waals surface area contributed by atoms with E-state index in [0.717, 1.165) is 51.9 Å². The van der Waals surface area contributed by atoms with Crippen molar-refractivity contribution < 1.29 is 4.74 Å². The Bertz CT molecular complexity index is 250. The van der Waals surface area contributed by atoms with Crippen LogP contribution in [0.3, 0.4) is 0 Å². The lowest BCUT2D eigenvalue weighted by Crippen LogP contribution is -2.49. The number of nitrogens with one attached hydrogen (secondary N) is 1. The van der Waals surface area contributed by atoms with E-state index in [1.54, 1.807) is 0 Å². The van der Waals surface area contributed by atoms with Crippen molar-refractivity contribution in [1.29, 1.82) is 0 Å². The molecule has 0 amide bonds. The van der Waals surface area contributed by atoms with Gasteiger partial charge in [-0.1, -0.05) is 13.8 Å². The summed E-state index contributed by atoms with van der Waals surface area (Å²) in [5.74, 6) is 0. The van der Waals surface area contributed by atoms with E-state index in [-0.39, 0.29) is 0 Å². The Kier molecular flexibility index (Phi) is 6.57. The average Bonchev–Trinajstić information content (AvgIpc) is 2.87. The first kappa shape index (κ1) is 15.2. The van der Waals surface area contributed by atoms with Crippen molar-refractivity contribution in [3.05, 3.63) is 0 Å². The van der Waals surface area contributed by atoms with Crippen molar-refractivity contribution in [2.24, 2.45) is 0 Å². The molecule has 2 rings (SSSR count). The molecule has 0 saturated carbocycles. The molecule has 0 radical (unpaired) electrons. The molecule has 112 valence electrons. The maximum Gasteiger partial charge on any atom is 0.0829 e. The highest BCUT2D eigenvalue weighted by Gasteiger charge is 2.28. The van der Waals surface area contributed by atoms with Gasteiger partial charge >= 0.3 is 0 Å². The number of rotatable bonds is 7. The summed E-state index contributed by atoms with van der Waals surface area (Å²) in [5.41, 5.74) is 0. The van der Waals surface area contributed by atoms with Crippen LogP contribution in [-0.4, -0.2) is 74.4 Å². The van der Waals surface area contributed by atoms with Gasteiger partial charge in [0.25, 0.3) is 0 Å². The van der Waals surface area contributed by atoms with Crippen LogP contribution in [0.1, 0.15) is 33.1 Å². The molecule has 1 N–H and O–H groups in total. The topological polar surface area (TPSA) is 27.7 Å². The number of likely N-dealkylation sites (tertiary alicyclic amines) is 1. The molecule has 4 nitrogen and oxygen atoms in total. The van der Waals surface area contributed by atoms with Gasteiger partial charge in [-0.25, -0.2) is 0 Å². The second-order valence-corrected chi connectivity index (χ2v) is 5.88. The van der Waals surface area contributed by atoms with Gasteiger partial charge in [-0.15, -0.1) is 0 Å². The van der Waals surface area contributed by atoms with E-state index in [9.17, 15) is 0 Å². The fourth-order valence-electron chi connectivity index (χ4n) is 3.25. The van der Waals surface area contributed by atoms with Gasteiger partial charge < -0.3 is 10.1 Å². The van der Waals surface area contributed by atoms with Gasteiger partial charge in [-0.2, -0.15) is 0 Å². The molecule has 4 heteroatoms. The normalized spacial score (nSPS) is 30.0. The van der Waals surface area contributed by atoms with Crippen LogP contribution in [0.25, 0.3) is 0 Å². The molecule has 0 aromatic heterocycles. The number of morpholine rings is 1. The molecule has 2 fully saturated rings. The van der Waals surface area contributed by atoms with Gasteiger partial charge in [0.2, 0.25) is 0 Å². The highest BCUT2D eigenvalue weighted by Crippen LogP contribution is 2.18. The number of ether oxygens (including phenoxy) is 1. The molecule has 2 atom stereocenters. The lowest BCUT2D eigenvalue weighted by molar-refractivity contribution is -0.0432. The zero-order valence-corrected chi connectivity index (χ0v) is 12.7. The Morgan fingerprint density at radius 3 is 2.95 bits per heavy atom. The molecule has 2 heterocycles. The summed E-state index contributed by atoms with van der Waals surface area (Å²) in [6, 6.07) is 0.729. The van der Waals surface area contributed by atoms with Crippen LogP contribution in [0.5, 0.6) is 0 Å². The average molecular weight is 269 g/mol. The molecular formula is C15H31N3O. The number of hydrogen-bond acceptors (Lipinski definition) is 4. The zero-order chi connectivity index (χ0) is 13.5. The van der Waals surface area contributed by atoms with E-state index in [0.29, 0.717) is 6.10 Å². The summed E-state index contributed by atoms with van der Waals surface area (Å²) in [6.07, 6.45) is 4.34. The Labute approximate surface area is 118 Å². The van der Waals surface area contributed by atoms with Crippen LogP contribution >= 0.6 is 0 Å². The monoisotopic (exact) mass is 269 g/mol. The Hall–Kier alpha value is -0.160. The maximum absolute atomic E-state index is 5.94. The summed E-state index contributed by atoms with van der Waals surface area (Å²) in [7, 11) is 0. The molecule has 2 unspecified atom stereocenters. The molecule has 2 aliphatic rings. The fraction of sp³-hybridized carbons (Fsp3) is 1.00. The highest BCUT2D eigenvalue weighted by molar-refractivity contribution is 4.84. The van der Waals surface area contributed by atoms with Crippen molar-refractivity contribution in [3.63, 3.8) is 0 Å². The molecule has 0 aromatic rings. The predicted molar refractivity (Wildman–Crippen MR) is 79.6 cm³/mol. The predicted octanol–water partition coefficient (Wildman–Crippen LogP) is 1.17. The number of nitrogens with zero attached hydrogens (tertiary/aromatic N) is 2. The van der Waals surface area contributed by atoms with E-state index in [2.05, 4.69) is 29.0 Å². The van der Waals surface area contributed by atoms with Crippen molar-refractivity contribution in [2.75, 3.05) is 52.4 Å². The third-order valence-electron chi connectivity index (χ3n) is 4.41. The quantitative estimate of drug-likeness (QED) is 0.702. The van der Waals surface area contributed by atoms with Crippen molar-refractivity contribution in [1.82, 2.24) is 15.1 Å². The largest absolute Gasteiger partial charge is 0.374 e. The summed E-state index contributed by atoms with van der Waals surface area (Å²) in [6.45, 7) is 13.4. The molecule has 0 aliphatic carbocycles. The minimum Gasteiger partial charge on any atom is -0.374 e. The van der Waals surface area contributed by atoms with Gasteiger partial charge in [-0.05, 0) is 38.9 Å². The van der Waals surface area contributed by atoms with Gasteiger partial charge in [-0.3, -0.25) is 9.80 Å². The second kappa shape index (κ2) is 8.20. The lowest BCUT2D eigenvalue weighted by Gasteiger charge is -2.35. The van der Waals surface area contributed by atoms with Crippen molar-refractivity contribution >= 4 is 0 Å². The summed E-state index contributed by atoms with van der Waals surface area (Å²) >= 11 is 0. The second-order valence-electron chi connectivity index (χ2n) is 5.88. The Morgan fingerprint density at radius 2 is 2.16 bits per heavy atom. The molecule has 0 aromatic carbocycles. The number of likely N-dealkylation sites (N-methyl/N-ethyl adjacent to an activating group) is 1. The summed E-state index contributed by atoms with van der Waals surface area (Å²) < 4.78 is 5.94. The van der Waals surface area contributed by atoms with Gasteiger partial charge in [0, 0.05) is 32.2 Å². The third kappa shape index (κ3) is 4.71. The minimum atomic E-state index is 0.417. The number of hydrogen-bond donors (Lipinski definition) is 1. The summed E-state index contributed by atoms with van der Waals surface area (Å²) in [5, 5.41) is 3.57. The van der Waals surface area contributed by atoms with Gasteiger partial charge in [0.05, 0.1) is 12.7 Å². The first-order chi connectivity index (χ1) is 9.33. The van der Waals surface area contributed by atoms with E-state index < -0.39 is 0 Å². The molecule has 2 aliphatic heterocycles. The molecule has 0 spiro atoms. The molecule has 19 heavy (non-hydrogen) atoms. The first-order valence-corrected chi connectivity index (χ1v) is 8.12. The molecule has 2 saturated heterocycles. The van der Waals surface area contributed by atoms with Crippen molar-refractivity contribution in [3.8, 4) is 0 Å². The molecule has 0 bridgehead atoms. The van der Waals surface area contributed by atoms with Crippen LogP contribution < -0.4 is 5.32 Å². The van der Waals surface area contributed by atoms with Crippen molar-refractivity contribution in [2.45, 2.75) is 45.3 Å². The van der Waals surface area contributed by atoms with Gasteiger partial charge in [0.15, 0.2) is 0 Å². The fourth-order valence-corrected chi connectivity index (χ4v) is 3.25. The SMILES string of the molecule is CCCNCC1CCCN1CC1CN(CC)CCO1. The van der Waals surface area contributed by atoms with E-state index >= 15 is 0 Å². The van der Waals surface area contributed by atoms with Crippen LogP contribution in [0.15, 0.2) is 0 Å². The van der Waals surface area contributed by atoms with E-state index in [4.69, 9.17) is 4.74 Å². The van der Waals surface area contributed by atoms with E-state index in [1.165, 1.54) is 25.8 Å². The minimum absolute atomic E-state index is 0.417. The van der Waals surface area contributed by atoms with Gasteiger partial charge in [0.1, 0.15) is 0 Å². The highest BCUT2D eigenvalue weighted by atomic mass is 16.5. The molecular weight excluding hydrogens is 238 g/mol.